The molecule has 0 radical (unpaired) electrons. The van der Waals surface area contributed by atoms with Crippen LogP contribution in [-0.2, 0) is 4.74 Å². The first kappa shape index (κ1) is 16.2. The van der Waals surface area contributed by atoms with Gasteiger partial charge in [-0.25, -0.2) is 0 Å². The Hall–Kier alpha value is -0.160. The summed E-state index contributed by atoms with van der Waals surface area (Å²) in [6.45, 7) is 13.8. The Kier molecular flexibility index (Phi) is 7.28. The average molecular weight is 283 g/mol. The molecular weight excluding hydrogens is 250 g/mol. The average Bonchev–Trinajstić information content (AvgIpc) is 2.42. The number of nitrogens with one attached hydrogen (secondary N) is 1. The summed E-state index contributed by atoms with van der Waals surface area (Å²) >= 11 is 0. The van der Waals surface area contributed by atoms with E-state index in [0.29, 0.717) is 6.10 Å². The van der Waals surface area contributed by atoms with Gasteiger partial charge in [-0.3, -0.25) is 4.90 Å². The standard InChI is InChI=1S/C16H33N3O/c1-3-5-17-15-13-16(14-15)20-12-11-19-9-7-18(6-4-2)8-10-19/h15-17H,3-14H2,1-2H3. The molecule has 2 rings (SSSR count). The van der Waals surface area contributed by atoms with Crippen LogP contribution in [0.15, 0.2) is 0 Å². The van der Waals surface area contributed by atoms with Crippen molar-refractivity contribution < 1.29 is 4.74 Å². The molecule has 1 saturated heterocycles. The number of rotatable bonds is 9. The van der Waals surface area contributed by atoms with Crippen molar-refractivity contribution in [2.45, 2.75) is 51.7 Å². The second kappa shape index (κ2) is 8.98. The van der Waals surface area contributed by atoms with Gasteiger partial charge in [0, 0.05) is 38.8 Å². The van der Waals surface area contributed by atoms with E-state index in [2.05, 4.69) is 29.0 Å². The molecule has 2 fully saturated rings. The molecule has 2 aliphatic rings. The lowest BCUT2D eigenvalue weighted by Crippen LogP contribution is -2.48. The summed E-state index contributed by atoms with van der Waals surface area (Å²) in [5.74, 6) is 0. The van der Waals surface area contributed by atoms with Crippen LogP contribution in [0.2, 0.25) is 0 Å². The molecule has 0 unspecified atom stereocenters. The van der Waals surface area contributed by atoms with Crippen molar-refractivity contribution >= 4 is 0 Å². The molecule has 1 N–H and O–H groups in total. The Morgan fingerprint density at radius 2 is 1.60 bits per heavy atom. The van der Waals surface area contributed by atoms with Gasteiger partial charge in [0.25, 0.3) is 0 Å². The molecule has 0 aromatic heterocycles. The van der Waals surface area contributed by atoms with Gasteiger partial charge in [0.1, 0.15) is 0 Å². The molecule has 1 aliphatic heterocycles. The van der Waals surface area contributed by atoms with Crippen molar-refractivity contribution in [3.63, 3.8) is 0 Å². The van der Waals surface area contributed by atoms with Crippen LogP contribution in [0, 0.1) is 0 Å². The van der Waals surface area contributed by atoms with Gasteiger partial charge in [-0.2, -0.15) is 0 Å². The van der Waals surface area contributed by atoms with Crippen LogP contribution in [0.3, 0.4) is 0 Å². The summed E-state index contributed by atoms with van der Waals surface area (Å²) in [5.41, 5.74) is 0. The minimum atomic E-state index is 0.519. The molecule has 0 atom stereocenters. The van der Waals surface area contributed by atoms with Gasteiger partial charge in [0.05, 0.1) is 12.7 Å². The number of nitrogens with zero attached hydrogens (tertiary/aromatic N) is 2. The summed E-state index contributed by atoms with van der Waals surface area (Å²) in [5, 5.41) is 3.56. The number of hydrogen-bond acceptors (Lipinski definition) is 4. The van der Waals surface area contributed by atoms with E-state index in [1.54, 1.807) is 0 Å². The zero-order valence-electron chi connectivity index (χ0n) is 13.4. The molecule has 1 saturated carbocycles. The van der Waals surface area contributed by atoms with Gasteiger partial charge in [0.2, 0.25) is 0 Å². The maximum Gasteiger partial charge on any atom is 0.0605 e. The van der Waals surface area contributed by atoms with Gasteiger partial charge < -0.3 is 15.0 Å². The Balaban J connectivity index is 1.45. The normalized spacial score (nSPS) is 28.5. The lowest BCUT2D eigenvalue weighted by molar-refractivity contribution is -0.0276. The van der Waals surface area contributed by atoms with Gasteiger partial charge in [-0.05, 0) is 38.8 Å². The van der Waals surface area contributed by atoms with Gasteiger partial charge >= 0.3 is 0 Å². The summed E-state index contributed by atoms with van der Waals surface area (Å²) in [7, 11) is 0. The lowest BCUT2D eigenvalue weighted by atomic mass is 9.89. The van der Waals surface area contributed by atoms with E-state index < -0.39 is 0 Å². The topological polar surface area (TPSA) is 27.7 Å². The van der Waals surface area contributed by atoms with E-state index >= 15 is 0 Å². The van der Waals surface area contributed by atoms with Gasteiger partial charge in [0.15, 0.2) is 0 Å². The Bertz CT molecular complexity index is 248. The maximum atomic E-state index is 5.97. The highest BCUT2D eigenvalue weighted by atomic mass is 16.5. The van der Waals surface area contributed by atoms with E-state index in [0.717, 1.165) is 25.7 Å². The minimum Gasteiger partial charge on any atom is -0.377 e. The van der Waals surface area contributed by atoms with E-state index in [1.807, 2.05) is 0 Å². The third-order valence-electron chi connectivity index (χ3n) is 4.54. The van der Waals surface area contributed by atoms with E-state index in [1.165, 1.54) is 58.4 Å². The smallest absolute Gasteiger partial charge is 0.0605 e. The van der Waals surface area contributed by atoms with E-state index in [9.17, 15) is 0 Å². The Morgan fingerprint density at radius 1 is 0.950 bits per heavy atom. The first-order valence-electron chi connectivity index (χ1n) is 8.61. The second-order valence-electron chi connectivity index (χ2n) is 6.30. The zero-order valence-corrected chi connectivity index (χ0v) is 13.4. The molecule has 0 aromatic rings. The summed E-state index contributed by atoms with van der Waals surface area (Å²) < 4.78 is 5.97. The number of hydrogen-bond donors (Lipinski definition) is 1. The highest BCUT2D eigenvalue weighted by Crippen LogP contribution is 2.23. The van der Waals surface area contributed by atoms with Crippen molar-refractivity contribution in [2.75, 3.05) is 52.4 Å². The van der Waals surface area contributed by atoms with Crippen molar-refractivity contribution in [3.8, 4) is 0 Å². The van der Waals surface area contributed by atoms with E-state index in [4.69, 9.17) is 4.74 Å². The van der Waals surface area contributed by atoms with Crippen LogP contribution in [0.25, 0.3) is 0 Å². The fourth-order valence-electron chi connectivity index (χ4n) is 3.12. The second-order valence-corrected chi connectivity index (χ2v) is 6.30. The molecule has 118 valence electrons. The highest BCUT2D eigenvalue weighted by Gasteiger charge is 2.29. The predicted molar refractivity (Wildman–Crippen MR) is 84.2 cm³/mol. The number of ether oxygens (including phenoxy) is 1. The van der Waals surface area contributed by atoms with Gasteiger partial charge in [-0.15, -0.1) is 0 Å². The molecular formula is C16H33N3O. The summed E-state index contributed by atoms with van der Waals surface area (Å²) in [6.07, 6.45) is 5.45. The molecule has 1 aliphatic carbocycles. The SMILES string of the molecule is CCCNC1CC(OCCN2CCN(CCC)CC2)C1. The predicted octanol–water partition coefficient (Wildman–Crippen LogP) is 1.56. The zero-order chi connectivity index (χ0) is 14.2. The van der Waals surface area contributed by atoms with Crippen molar-refractivity contribution in [1.29, 1.82) is 0 Å². The molecule has 0 spiro atoms. The first-order valence-corrected chi connectivity index (χ1v) is 8.61. The van der Waals surface area contributed by atoms with Crippen LogP contribution in [0.1, 0.15) is 39.5 Å². The number of piperazine rings is 1. The molecule has 4 heteroatoms. The van der Waals surface area contributed by atoms with Crippen molar-refractivity contribution in [3.05, 3.63) is 0 Å². The monoisotopic (exact) mass is 283 g/mol. The van der Waals surface area contributed by atoms with Crippen molar-refractivity contribution in [1.82, 2.24) is 15.1 Å². The molecule has 0 aromatic carbocycles. The van der Waals surface area contributed by atoms with Gasteiger partial charge in [-0.1, -0.05) is 13.8 Å². The fourth-order valence-corrected chi connectivity index (χ4v) is 3.12. The highest BCUT2D eigenvalue weighted by molar-refractivity contribution is 4.86. The molecule has 0 bridgehead atoms. The Labute approximate surface area is 124 Å². The lowest BCUT2D eigenvalue weighted by Gasteiger charge is -2.37. The van der Waals surface area contributed by atoms with Crippen LogP contribution in [0.5, 0.6) is 0 Å². The van der Waals surface area contributed by atoms with E-state index in [-0.39, 0.29) is 0 Å². The summed E-state index contributed by atoms with van der Waals surface area (Å²) in [6, 6.07) is 0.720. The van der Waals surface area contributed by atoms with Crippen LogP contribution >= 0.6 is 0 Å². The molecule has 1 heterocycles. The van der Waals surface area contributed by atoms with Crippen molar-refractivity contribution in [2.24, 2.45) is 0 Å². The van der Waals surface area contributed by atoms with Crippen LogP contribution in [0.4, 0.5) is 0 Å². The third kappa shape index (κ3) is 5.32. The maximum absolute atomic E-state index is 5.97. The summed E-state index contributed by atoms with van der Waals surface area (Å²) in [4.78, 5) is 5.13. The van der Waals surface area contributed by atoms with Crippen LogP contribution in [-0.4, -0.2) is 74.4 Å². The minimum absolute atomic E-state index is 0.519. The fraction of sp³-hybridized carbons (Fsp3) is 1.00. The molecule has 20 heavy (non-hydrogen) atoms. The van der Waals surface area contributed by atoms with Crippen LogP contribution < -0.4 is 5.32 Å². The Morgan fingerprint density at radius 3 is 2.20 bits per heavy atom. The quantitative estimate of drug-likeness (QED) is 0.695. The molecule has 4 nitrogen and oxygen atoms in total. The third-order valence-corrected chi connectivity index (χ3v) is 4.54. The first-order chi connectivity index (χ1) is 9.81. The molecule has 0 amide bonds. The largest absolute Gasteiger partial charge is 0.377 e.